The van der Waals surface area contributed by atoms with Crippen molar-refractivity contribution in [2.45, 2.75) is 12.2 Å². The predicted molar refractivity (Wildman–Crippen MR) is 73.1 cm³/mol. The molecule has 2 rings (SSSR count). The summed E-state index contributed by atoms with van der Waals surface area (Å²) in [5, 5.41) is 21.8. The van der Waals surface area contributed by atoms with Crippen LogP contribution in [0.25, 0.3) is 10.8 Å². The Morgan fingerprint density at radius 3 is 2.35 bits per heavy atom. The van der Waals surface area contributed by atoms with Gasteiger partial charge in [-0.3, -0.25) is 0 Å². The highest BCUT2D eigenvalue weighted by Gasteiger charge is 2.19. The van der Waals surface area contributed by atoms with E-state index in [1.807, 2.05) is 24.3 Å². The first kappa shape index (κ1) is 12.4. The molecule has 0 aromatic heterocycles. The zero-order valence-electron chi connectivity index (χ0n) is 9.18. The summed E-state index contributed by atoms with van der Waals surface area (Å²) < 4.78 is 0. The van der Waals surface area contributed by atoms with Gasteiger partial charge in [0.2, 0.25) is 0 Å². The third-order valence-corrected chi connectivity index (χ3v) is 3.50. The van der Waals surface area contributed by atoms with Crippen molar-refractivity contribution in [3.8, 4) is 0 Å². The second-order valence-electron chi connectivity index (χ2n) is 3.96. The van der Waals surface area contributed by atoms with Crippen LogP contribution in [0.3, 0.4) is 0 Å². The number of anilines is 1. The Labute approximate surface area is 108 Å². The summed E-state index contributed by atoms with van der Waals surface area (Å²) in [4.78, 5) is 0. The number of hydrogen-bond donors (Lipinski definition) is 3. The molecule has 0 spiro atoms. The fraction of sp³-hybridized carbons (Fsp3) is 0.231. The molecule has 4 heteroatoms. The van der Waals surface area contributed by atoms with Gasteiger partial charge in [-0.2, -0.15) is 0 Å². The van der Waals surface area contributed by atoms with Crippen LogP contribution in [0, 0.1) is 0 Å². The molecule has 2 unspecified atom stereocenters. The van der Waals surface area contributed by atoms with Crippen LogP contribution >= 0.6 is 15.9 Å². The fourth-order valence-electron chi connectivity index (χ4n) is 1.90. The molecule has 0 saturated carbocycles. The van der Waals surface area contributed by atoms with Crippen LogP contribution in [0.4, 0.5) is 5.69 Å². The van der Waals surface area contributed by atoms with Crippen LogP contribution in [0.2, 0.25) is 0 Å². The van der Waals surface area contributed by atoms with Gasteiger partial charge in [-0.05, 0) is 17.0 Å². The summed E-state index contributed by atoms with van der Waals surface area (Å²) in [5.74, 6) is 0. The van der Waals surface area contributed by atoms with Crippen molar-refractivity contribution in [3.05, 3.63) is 42.0 Å². The SMILES string of the molecule is Nc1ccc(C(O)C(O)CBr)c2ccccc12. The van der Waals surface area contributed by atoms with Crippen molar-refractivity contribution >= 4 is 32.4 Å². The molecule has 4 N–H and O–H groups in total. The van der Waals surface area contributed by atoms with Gasteiger partial charge in [-0.25, -0.2) is 0 Å². The van der Waals surface area contributed by atoms with Crippen LogP contribution in [0.15, 0.2) is 36.4 Å². The van der Waals surface area contributed by atoms with Crippen LogP contribution in [-0.2, 0) is 0 Å². The Balaban J connectivity index is 2.59. The Morgan fingerprint density at radius 2 is 1.71 bits per heavy atom. The van der Waals surface area contributed by atoms with Crippen molar-refractivity contribution < 1.29 is 10.2 Å². The van der Waals surface area contributed by atoms with Gasteiger partial charge >= 0.3 is 0 Å². The van der Waals surface area contributed by atoms with E-state index in [9.17, 15) is 10.2 Å². The quantitative estimate of drug-likeness (QED) is 0.601. The molecule has 2 aromatic carbocycles. The number of nitrogens with two attached hydrogens (primary N) is 1. The maximum atomic E-state index is 10.1. The van der Waals surface area contributed by atoms with Crippen molar-refractivity contribution in [1.82, 2.24) is 0 Å². The van der Waals surface area contributed by atoms with E-state index < -0.39 is 12.2 Å². The van der Waals surface area contributed by atoms with E-state index in [1.54, 1.807) is 12.1 Å². The number of benzene rings is 2. The molecule has 0 saturated heterocycles. The molecule has 2 atom stereocenters. The molecule has 0 amide bonds. The first-order valence-electron chi connectivity index (χ1n) is 5.34. The summed E-state index contributed by atoms with van der Waals surface area (Å²) in [7, 11) is 0. The summed E-state index contributed by atoms with van der Waals surface area (Å²) in [5.41, 5.74) is 7.25. The summed E-state index contributed by atoms with van der Waals surface area (Å²) in [6.45, 7) is 0. The Hall–Kier alpha value is -1.10. The number of aliphatic hydroxyl groups excluding tert-OH is 2. The average Bonchev–Trinajstić information content (AvgIpc) is 2.38. The monoisotopic (exact) mass is 295 g/mol. The number of hydrogen-bond acceptors (Lipinski definition) is 3. The van der Waals surface area contributed by atoms with Gasteiger partial charge in [0.1, 0.15) is 6.10 Å². The van der Waals surface area contributed by atoms with Gasteiger partial charge in [-0.15, -0.1) is 0 Å². The Bertz CT molecular complexity index is 530. The molecule has 3 nitrogen and oxygen atoms in total. The molecule has 17 heavy (non-hydrogen) atoms. The number of nitrogen functional groups attached to an aromatic ring is 1. The number of halogens is 1. The van der Waals surface area contributed by atoms with Gasteiger partial charge in [0, 0.05) is 16.4 Å². The lowest BCUT2D eigenvalue weighted by molar-refractivity contribution is 0.0352. The zero-order valence-corrected chi connectivity index (χ0v) is 10.8. The van der Waals surface area contributed by atoms with Gasteiger partial charge in [0.15, 0.2) is 0 Å². The summed E-state index contributed by atoms with van der Waals surface area (Å²) >= 11 is 3.16. The molecule has 0 fully saturated rings. The average molecular weight is 296 g/mol. The number of rotatable bonds is 3. The second-order valence-corrected chi connectivity index (χ2v) is 4.60. The first-order chi connectivity index (χ1) is 8.15. The molecule has 2 aromatic rings. The molecule has 0 radical (unpaired) electrons. The van der Waals surface area contributed by atoms with Crippen LogP contribution in [-0.4, -0.2) is 21.6 Å². The number of aliphatic hydroxyl groups is 2. The molecule has 0 heterocycles. The molecular formula is C13H14BrNO2. The standard InChI is InChI=1S/C13H14BrNO2/c14-7-12(16)13(17)10-5-6-11(15)9-4-2-1-3-8(9)10/h1-6,12-13,16-17H,7,15H2. The zero-order chi connectivity index (χ0) is 12.4. The van der Waals surface area contributed by atoms with Gasteiger partial charge in [0.05, 0.1) is 6.10 Å². The van der Waals surface area contributed by atoms with E-state index in [0.717, 1.165) is 10.8 Å². The highest BCUT2D eigenvalue weighted by molar-refractivity contribution is 9.09. The maximum Gasteiger partial charge on any atom is 0.106 e. The van der Waals surface area contributed by atoms with Gasteiger partial charge in [-0.1, -0.05) is 46.3 Å². The minimum absolute atomic E-state index is 0.326. The summed E-state index contributed by atoms with van der Waals surface area (Å²) in [6, 6.07) is 11.1. The van der Waals surface area contributed by atoms with E-state index in [1.165, 1.54) is 0 Å². The van der Waals surface area contributed by atoms with E-state index in [0.29, 0.717) is 16.6 Å². The molecule has 0 aliphatic carbocycles. The fourth-order valence-corrected chi connectivity index (χ4v) is 2.25. The normalized spacial score (nSPS) is 14.8. The van der Waals surface area contributed by atoms with E-state index >= 15 is 0 Å². The summed E-state index contributed by atoms with van der Waals surface area (Å²) in [6.07, 6.45) is -1.75. The predicted octanol–water partition coefficient (Wildman–Crippen LogP) is 2.21. The van der Waals surface area contributed by atoms with Crippen molar-refractivity contribution in [3.63, 3.8) is 0 Å². The van der Waals surface area contributed by atoms with Crippen molar-refractivity contribution in [2.24, 2.45) is 0 Å². The van der Waals surface area contributed by atoms with Crippen LogP contribution in [0.1, 0.15) is 11.7 Å². The number of fused-ring (bicyclic) bond motifs is 1. The lowest BCUT2D eigenvalue weighted by atomic mass is 9.97. The van der Waals surface area contributed by atoms with E-state index in [2.05, 4.69) is 15.9 Å². The second kappa shape index (κ2) is 5.04. The minimum atomic E-state index is -0.917. The Kier molecular flexibility index (Phi) is 3.66. The van der Waals surface area contributed by atoms with Crippen LogP contribution < -0.4 is 5.73 Å². The molecule has 0 bridgehead atoms. The molecule has 0 aliphatic rings. The highest BCUT2D eigenvalue weighted by Crippen LogP contribution is 2.30. The molecular weight excluding hydrogens is 282 g/mol. The third-order valence-electron chi connectivity index (χ3n) is 2.83. The lowest BCUT2D eigenvalue weighted by Crippen LogP contribution is -2.19. The van der Waals surface area contributed by atoms with Gasteiger partial charge in [0.25, 0.3) is 0 Å². The molecule has 0 aliphatic heterocycles. The largest absolute Gasteiger partial charge is 0.398 e. The van der Waals surface area contributed by atoms with Crippen LogP contribution in [0.5, 0.6) is 0 Å². The molecule has 90 valence electrons. The van der Waals surface area contributed by atoms with Gasteiger partial charge < -0.3 is 15.9 Å². The van der Waals surface area contributed by atoms with Crippen molar-refractivity contribution in [2.75, 3.05) is 11.1 Å². The minimum Gasteiger partial charge on any atom is -0.398 e. The number of alkyl halides is 1. The maximum absolute atomic E-state index is 10.1. The smallest absolute Gasteiger partial charge is 0.106 e. The van der Waals surface area contributed by atoms with E-state index in [-0.39, 0.29) is 0 Å². The highest BCUT2D eigenvalue weighted by atomic mass is 79.9. The first-order valence-corrected chi connectivity index (χ1v) is 6.46. The van der Waals surface area contributed by atoms with Crippen molar-refractivity contribution in [1.29, 1.82) is 0 Å². The topological polar surface area (TPSA) is 66.5 Å². The lowest BCUT2D eigenvalue weighted by Gasteiger charge is -2.18. The Morgan fingerprint density at radius 1 is 1.06 bits per heavy atom. The third kappa shape index (κ3) is 2.29. The van der Waals surface area contributed by atoms with E-state index in [4.69, 9.17) is 5.73 Å².